The van der Waals surface area contributed by atoms with Gasteiger partial charge in [-0.05, 0) is 19.1 Å². The average molecular weight is 248 g/mol. The molecule has 0 fully saturated rings. The zero-order chi connectivity index (χ0) is 13.4. The number of rotatable bonds is 6. The summed E-state index contributed by atoms with van der Waals surface area (Å²) in [5.41, 5.74) is 0.781. The number of nitriles is 1. The molecule has 5 heteroatoms. The van der Waals surface area contributed by atoms with Gasteiger partial charge in [0.2, 0.25) is 5.91 Å². The van der Waals surface area contributed by atoms with Gasteiger partial charge in [0.15, 0.2) is 0 Å². The fourth-order valence-electron chi connectivity index (χ4n) is 1.43. The lowest BCUT2D eigenvalue weighted by Gasteiger charge is -2.11. The fourth-order valence-corrected chi connectivity index (χ4v) is 1.43. The Morgan fingerprint density at radius 2 is 2.28 bits per heavy atom. The molecule has 0 spiro atoms. The van der Waals surface area contributed by atoms with Gasteiger partial charge in [0.25, 0.3) is 0 Å². The van der Waals surface area contributed by atoms with E-state index in [1.54, 1.807) is 18.2 Å². The van der Waals surface area contributed by atoms with Crippen LogP contribution in [0.3, 0.4) is 0 Å². The summed E-state index contributed by atoms with van der Waals surface area (Å²) in [6.07, 6.45) is 0.247. The van der Waals surface area contributed by atoms with Crippen molar-refractivity contribution in [1.29, 1.82) is 5.26 Å². The molecule has 0 aliphatic heterocycles. The van der Waals surface area contributed by atoms with E-state index in [-0.39, 0.29) is 12.3 Å². The predicted molar refractivity (Wildman–Crippen MR) is 67.4 cm³/mol. The highest BCUT2D eigenvalue weighted by Gasteiger charge is 2.11. The van der Waals surface area contributed by atoms with Gasteiger partial charge in [-0.1, -0.05) is 6.07 Å². The molecule has 96 valence electrons. The second-order valence-electron chi connectivity index (χ2n) is 3.49. The number of ether oxygens (including phenoxy) is 2. The molecule has 0 bridgehead atoms. The Balaban J connectivity index is 2.77. The number of anilines is 1. The molecule has 1 aromatic rings. The highest BCUT2D eigenvalue weighted by atomic mass is 16.5. The van der Waals surface area contributed by atoms with Crippen LogP contribution < -0.4 is 10.1 Å². The molecule has 0 heterocycles. The third kappa shape index (κ3) is 3.75. The number of para-hydroxylation sites is 1. The minimum Gasteiger partial charge on any atom is -0.495 e. The number of hydrogen-bond acceptors (Lipinski definition) is 4. The summed E-state index contributed by atoms with van der Waals surface area (Å²) >= 11 is 0. The number of amides is 1. The molecule has 1 N–H and O–H groups in total. The number of carbonyl (C=O) groups is 1. The number of hydrogen-bond donors (Lipinski definition) is 1. The molecule has 0 aliphatic carbocycles. The van der Waals surface area contributed by atoms with Crippen molar-refractivity contribution in [3.63, 3.8) is 0 Å². The molecule has 0 saturated heterocycles. The maximum Gasteiger partial charge on any atom is 0.226 e. The molecule has 0 atom stereocenters. The Labute approximate surface area is 106 Å². The number of methoxy groups -OCH3 is 1. The molecular formula is C13H16N2O3. The van der Waals surface area contributed by atoms with Gasteiger partial charge in [-0.25, -0.2) is 0 Å². The highest BCUT2D eigenvalue weighted by molar-refractivity contribution is 5.94. The van der Waals surface area contributed by atoms with Gasteiger partial charge >= 0.3 is 0 Å². The zero-order valence-electron chi connectivity index (χ0n) is 10.5. The van der Waals surface area contributed by atoms with Crippen LogP contribution >= 0.6 is 0 Å². The molecule has 1 amide bonds. The van der Waals surface area contributed by atoms with E-state index in [0.29, 0.717) is 30.2 Å². The molecule has 1 aromatic carbocycles. The van der Waals surface area contributed by atoms with E-state index in [9.17, 15) is 4.79 Å². The zero-order valence-corrected chi connectivity index (χ0v) is 10.5. The van der Waals surface area contributed by atoms with Crippen molar-refractivity contribution in [3.05, 3.63) is 23.8 Å². The average Bonchev–Trinajstić information content (AvgIpc) is 2.39. The van der Waals surface area contributed by atoms with Crippen molar-refractivity contribution < 1.29 is 14.3 Å². The summed E-state index contributed by atoms with van der Waals surface area (Å²) in [5, 5.41) is 11.7. The second-order valence-corrected chi connectivity index (χ2v) is 3.49. The lowest BCUT2D eigenvalue weighted by atomic mass is 10.1. The SMILES string of the molecule is CCOCCC(=O)Nc1c(C#N)cccc1OC. The van der Waals surface area contributed by atoms with E-state index in [4.69, 9.17) is 14.7 Å². The quantitative estimate of drug-likeness (QED) is 0.781. The first-order valence-electron chi connectivity index (χ1n) is 5.67. The largest absolute Gasteiger partial charge is 0.495 e. The summed E-state index contributed by atoms with van der Waals surface area (Å²) < 4.78 is 10.2. The van der Waals surface area contributed by atoms with Gasteiger partial charge in [0, 0.05) is 6.61 Å². The van der Waals surface area contributed by atoms with Crippen molar-refractivity contribution >= 4 is 11.6 Å². The molecule has 0 radical (unpaired) electrons. The Hall–Kier alpha value is -2.06. The Bertz CT molecular complexity index is 452. The molecule has 0 aromatic heterocycles. The van der Waals surface area contributed by atoms with Gasteiger partial charge in [-0.15, -0.1) is 0 Å². The first kappa shape index (κ1) is 14.0. The third-order valence-corrected chi connectivity index (χ3v) is 2.31. The Kier molecular flexibility index (Phi) is 5.68. The number of nitrogens with zero attached hydrogens (tertiary/aromatic N) is 1. The van der Waals surface area contributed by atoms with Crippen LogP contribution in [0, 0.1) is 11.3 Å². The van der Waals surface area contributed by atoms with Crippen LogP contribution in [0.25, 0.3) is 0 Å². The van der Waals surface area contributed by atoms with Gasteiger partial charge in [0.1, 0.15) is 17.5 Å². The lowest BCUT2D eigenvalue weighted by Crippen LogP contribution is -2.15. The van der Waals surface area contributed by atoms with Crippen LogP contribution in [0.15, 0.2) is 18.2 Å². The molecule has 0 saturated carbocycles. The topological polar surface area (TPSA) is 71.3 Å². The smallest absolute Gasteiger partial charge is 0.226 e. The Morgan fingerprint density at radius 3 is 2.89 bits per heavy atom. The van der Waals surface area contributed by atoms with Crippen molar-refractivity contribution in [3.8, 4) is 11.8 Å². The molecule has 1 rings (SSSR count). The molecule has 0 aliphatic rings. The highest BCUT2D eigenvalue weighted by Crippen LogP contribution is 2.27. The number of benzene rings is 1. The second kappa shape index (κ2) is 7.30. The van der Waals surface area contributed by atoms with E-state index in [2.05, 4.69) is 5.32 Å². The van der Waals surface area contributed by atoms with Crippen molar-refractivity contribution in [2.24, 2.45) is 0 Å². The lowest BCUT2D eigenvalue weighted by molar-refractivity contribution is -0.117. The summed E-state index contributed by atoms with van der Waals surface area (Å²) in [5.74, 6) is 0.267. The van der Waals surface area contributed by atoms with Crippen LogP contribution in [0.2, 0.25) is 0 Å². The van der Waals surface area contributed by atoms with Crippen molar-refractivity contribution in [2.75, 3.05) is 25.6 Å². The Morgan fingerprint density at radius 1 is 1.50 bits per heavy atom. The summed E-state index contributed by atoms with van der Waals surface area (Å²) in [7, 11) is 1.49. The van der Waals surface area contributed by atoms with Gasteiger partial charge in [-0.3, -0.25) is 4.79 Å². The normalized spacial score (nSPS) is 9.61. The van der Waals surface area contributed by atoms with Gasteiger partial charge in [0.05, 0.1) is 25.7 Å². The molecular weight excluding hydrogens is 232 g/mol. The number of carbonyl (C=O) groups excluding carboxylic acids is 1. The first-order chi connectivity index (χ1) is 8.72. The molecule has 18 heavy (non-hydrogen) atoms. The summed E-state index contributed by atoms with van der Waals surface area (Å²) in [4.78, 5) is 11.7. The van der Waals surface area contributed by atoms with Crippen LogP contribution in [-0.2, 0) is 9.53 Å². The minimum absolute atomic E-state index is 0.204. The molecule has 0 unspecified atom stereocenters. The van der Waals surface area contributed by atoms with Crippen LogP contribution in [0.4, 0.5) is 5.69 Å². The van der Waals surface area contributed by atoms with E-state index < -0.39 is 0 Å². The standard InChI is InChI=1S/C13H16N2O3/c1-3-18-8-7-12(16)15-13-10(9-14)5-4-6-11(13)17-2/h4-6H,3,7-8H2,1-2H3,(H,15,16). The van der Waals surface area contributed by atoms with Crippen LogP contribution in [-0.4, -0.2) is 26.2 Å². The summed E-state index contributed by atoms with van der Waals surface area (Å²) in [6, 6.07) is 7.04. The van der Waals surface area contributed by atoms with Crippen LogP contribution in [0.1, 0.15) is 18.9 Å². The van der Waals surface area contributed by atoms with Crippen molar-refractivity contribution in [2.45, 2.75) is 13.3 Å². The predicted octanol–water partition coefficient (Wildman–Crippen LogP) is 1.93. The van der Waals surface area contributed by atoms with E-state index >= 15 is 0 Å². The summed E-state index contributed by atoms with van der Waals surface area (Å²) in [6.45, 7) is 2.80. The van der Waals surface area contributed by atoms with Gasteiger partial charge < -0.3 is 14.8 Å². The van der Waals surface area contributed by atoms with Crippen LogP contribution in [0.5, 0.6) is 5.75 Å². The maximum absolute atomic E-state index is 11.7. The van der Waals surface area contributed by atoms with Crippen molar-refractivity contribution in [1.82, 2.24) is 0 Å². The first-order valence-corrected chi connectivity index (χ1v) is 5.67. The molecule has 5 nitrogen and oxygen atoms in total. The van der Waals surface area contributed by atoms with E-state index in [1.807, 2.05) is 13.0 Å². The van der Waals surface area contributed by atoms with Gasteiger partial charge in [-0.2, -0.15) is 5.26 Å². The fraction of sp³-hybridized carbons (Fsp3) is 0.385. The minimum atomic E-state index is -0.204. The number of nitrogens with one attached hydrogen (secondary N) is 1. The maximum atomic E-state index is 11.7. The van der Waals surface area contributed by atoms with E-state index in [0.717, 1.165) is 0 Å². The van der Waals surface area contributed by atoms with E-state index in [1.165, 1.54) is 7.11 Å². The monoisotopic (exact) mass is 248 g/mol. The third-order valence-electron chi connectivity index (χ3n) is 2.31.